The molecule has 1 aliphatic rings. The summed E-state index contributed by atoms with van der Waals surface area (Å²) in [6, 6.07) is 7.71. The number of hydrogen-bond donors (Lipinski definition) is 0. The van der Waals surface area contributed by atoms with Crippen LogP contribution in [0.25, 0.3) is 0 Å². The number of carbonyl (C=O) groups is 1. The molecule has 3 rings (SSSR count). The van der Waals surface area contributed by atoms with E-state index in [9.17, 15) is 18.0 Å². The highest BCUT2D eigenvalue weighted by molar-refractivity contribution is 5.76. The van der Waals surface area contributed by atoms with Crippen molar-refractivity contribution in [3.05, 3.63) is 47.9 Å². The maximum atomic E-state index is 12.5. The summed E-state index contributed by atoms with van der Waals surface area (Å²) in [5.74, 6) is -0.326. The van der Waals surface area contributed by atoms with Crippen LogP contribution in [0.2, 0.25) is 0 Å². The molecule has 1 aromatic heterocycles. The first kappa shape index (κ1) is 19.2. The maximum Gasteiger partial charge on any atom is 0.573 e. The number of rotatable bonds is 6. The summed E-state index contributed by atoms with van der Waals surface area (Å²) in [5, 5.41) is 3.87. The average Bonchev–Trinajstić information content (AvgIpc) is 3.13. The van der Waals surface area contributed by atoms with Crippen molar-refractivity contribution >= 4 is 5.91 Å². The van der Waals surface area contributed by atoms with Gasteiger partial charge in [-0.3, -0.25) is 9.69 Å². The van der Waals surface area contributed by atoms with Crippen molar-refractivity contribution in [1.29, 1.82) is 0 Å². The molecule has 0 saturated carbocycles. The van der Waals surface area contributed by atoms with Gasteiger partial charge in [-0.05, 0) is 18.1 Å². The van der Waals surface area contributed by atoms with E-state index in [1.807, 2.05) is 0 Å². The standard InChI is InChI=1S/C18H20F3N3O3/c19-18(20,21)27-16-4-2-1-3-14(16)5-6-17(25)24-10-8-23(9-11-24)13-15-7-12-26-22-15/h1-4,7,12H,5-6,8-11,13H2. The fourth-order valence-electron chi connectivity index (χ4n) is 3.04. The molecular formula is C18H20F3N3O3. The molecule has 0 bridgehead atoms. The van der Waals surface area contributed by atoms with Crippen LogP contribution in [0.1, 0.15) is 17.7 Å². The van der Waals surface area contributed by atoms with E-state index in [-0.39, 0.29) is 24.5 Å². The Morgan fingerprint density at radius 3 is 2.56 bits per heavy atom. The summed E-state index contributed by atoms with van der Waals surface area (Å²) >= 11 is 0. The summed E-state index contributed by atoms with van der Waals surface area (Å²) < 4.78 is 46.2. The van der Waals surface area contributed by atoms with E-state index in [1.165, 1.54) is 18.4 Å². The quantitative estimate of drug-likeness (QED) is 0.768. The minimum atomic E-state index is -4.75. The maximum absolute atomic E-state index is 12.5. The van der Waals surface area contributed by atoms with E-state index in [1.54, 1.807) is 23.1 Å². The lowest BCUT2D eigenvalue weighted by Gasteiger charge is -2.34. The predicted octanol–water partition coefficient (Wildman–Crippen LogP) is 2.85. The average molecular weight is 383 g/mol. The molecule has 0 aliphatic carbocycles. The number of piperazine rings is 1. The van der Waals surface area contributed by atoms with Gasteiger partial charge in [-0.2, -0.15) is 0 Å². The summed E-state index contributed by atoms with van der Waals surface area (Å²) in [5.41, 5.74) is 1.21. The van der Waals surface area contributed by atoms with E-state index >= 15 is 0 Å². The molecule has 1 saturated heterocycles. The first-order chi connectivity index (χ1) is 12.9. The lowest BCUT2D eigenvalue weighted by atomic mass is 10.1. The van der Waals surface area contributed by atoms with Crippen molar-refractivity contribution in [3.8, 4) is 5.75 Å². The van der Waals surface area contributed by atoms with Gasteiger partial charge in [-0.25, -0.2) is 0 Å². The molecule has 6 nitrogen and oxygen atoms in total. The highest BCUT2D eigenvalue weighted by Crippen LogP contribution is 2.27. The Hall–Kier alpha value is -2.55. The Kier molecular flexibility index (Phi) is 6.00. The van der Waals surface area contributed by atoms with E-state index in [0.29, 0.717) is 38.3 Å². The van der Waals surface area contributed by atoms with Gasteiger partial charge in [0.15, 0.2) is 0 Å². The summed E-state index contributed by atoms with van der Waals surface area (Å²) in [4.78, 5) is 16.3. The van der Waals surface area contributed by atoms with Crippen molar-refractivity contribution in [3.63, 3.8) is 0 Å². The van der Waals surface area contributed by atoms with Crippen LogP contribution in [0.15, 0.2) is 41.1 Å². The smallest absolute Gasteiger partial charge is 0.406 e. The van der Waals surface area contributed by atoms with Crippen LogP contribution >= 0.6 is 0 Å². The van der Waals surface area contributed by atoms with Crippen molar-refractivity contribution in [1.82, 2.24) is 15.0 Å². The Bertz CT molecular complexity index is 742. The first-order valence-corrected chi connectivity index (χ1v) is 8.64. The zero-order valence-electron chi connectivity index (χ0n) is 14.6. The van der Waals surface area contributed by atoms with Crippen LogP contribution in [0.5, 0.6) is 5.75 Å². The van der Waals surface area contributed by atoms with Gasteiger partial charge in [0.1, 0.15) is 12.0 Å². The molecule has 0 radical (unpaired) electrons. The van der Waals surface area contributed by atoms with E-state index in [2.05, 4.69) is 14.8 Å². The number of benzene rings is 1. The van der Waals surface area contributed by atoms with Gasteiger partial charge < -0.3 is 14.2 Å². The second-order valence-electron chi connectivity index (χ2n) is 6.30. The molecule has 0 spiro atoms. The molecular weight excluding hydrogens is 363 g/mol. The van der Waals surface area contributed by atoms with Crippen LogP contribution < -0.4 is 4.74 Å². The molecule has 146 valence electrons. The van der Waals surface area contributed by atoms with Crippen LogP contribution in [-0.4, -0.2) is 53.4 Å². The lowest BCUT2D eigenvalue weighted by Crippen LogP contribution is -2.48. The van der Waals surface area contributed by atoms with Gasteiger partial charge in [0.25, 0.3) is 0 Å². The molecule has 2 heterocycles. The fourth-order valence-corrected chi connectivity index (χ4v) is 3.04. The third-order valence-corrected chi connectivity index (χ3v) is 4.41. The van der Waals surface area contributed by atoms with Crippen molar-refractivity contribution < 1.29 is 27.2 Å². The number of para-hydroxylation sites is 1. The molecule has 1 amide bonds. The number of hydrogen-bond acceptors (Lipinski definition) is 5. The van der Waals surface area contributed by atoms with Gasteiger partial charge in [-0.15, -0.1) is 13.2 Å². The number of nitrogens with zero attached hydrogens (tertiary/aromatic N) is 3. The van der Waals surface area contributed by atoms with Gasteiger partial charge >= 0.3 is 6.36 Å². The summed E-state index contributed by atoms with van der Waals surface area (Å²) in [7, 11) is 0. The van der Waals surface area contributed by atoms with Crippen LogP contribution in [-0.2, 0) is 17.8 Å². The van der Waals surface area contributed by atoms with Crippen molar-refractivity contribution in [2.75, 3.05) is 26.2 Å². The monoisotopic (exact) mass is 383 g/mol. The van der Waals surface area contributed by atoms with E-state index < -0.39 is 6.36 Å². The zero-order valence-corrected chi connectivity index (χ0v) is 14.6. The Labute approximate surface area is 154 Å². The molecule has 0 N–H and O–H groups in total. The minimum Gasteiger partial charge on any atom is -0.406 e. The number of ether oxygens (including phenoxy) is 1. The number of alkyl halides is 3. The van der Waals surface area contributed by atoms with Gasteiger partial charge in [0, 0.05) is 45.2 Å². The molecule has 1 aliphatic heterocycles. The number of halogens is 3. The van der Waals surface area contributed by atoms with Gasteiger partial charge in [0.2, 0.25) is 5.91 Å². The minimum absolute atomic E-state index is 0.0714. The van der Waals surface area contributed by atoms with Crippen LogP contribution in [0, 0.1) is 0 Å². The normalized spacial score (nSPS) is 15.7. The van der Waals surface area contributed by atoms with Gasteiger partial charge in [-0.1, -0.05) is 23.4 Å². The SMILES string of the molecule is O=C(CCc1ccccc1OC(F)(F)F)N1CCN(Cc2ccon2)CC1. The summed E-state index contributed by atoms with van der Waals surface area (Å²) in [6.07, 6.45) is -2.89. The zero-order chi connectivity index (χ0) is 19.3. The first-order valence-electron chi connectivity index (χ1n) is 8.64. The molecule has 2 aromatic rings. The Morgan fingerprint density at radius 1 is 1.15 bits per heavy atom. The van der Waals surface area contributed by atoms with Gasteiger partial charge in [0.05, 0.1) is 5.69 Å². The molecule has 1 fully saturated rings. The Morgan fingerprint density at radius 2 is 1.89 bits per heavy atom. The second-order valence-corrected chi connectivity index (χ2v) is 6.30. The molecule has 0 atom stereocenters. The number of amides is 1. The second kappa shape index (κ2) is 8.43. The third-order valence-electron chi connectivity index (χ3n) is 4.41. The van der Waals surface area contributed by atoms with Crippen LogP contribution in [0.4, 0.5) is 13.2 Å². The predicted molar refractivity (Wildman–Crippen MR) is 89.8 cm³/mol. The van der Waals surface area contributed by atoms with E-state index in [4.69, 9.17) is 4.52 Å². The largest absolute Gasteiger partial charge is 0.573 e. The number of carbonyl (C=O) groups excluding carboxylic acids is 1. The topological polar surface area (TPSA) is 58.8 Å². The molecule has 27 heavy (non-hydrogen) atoms. The molecule has 1 aromatic carbocycles. The van der Waals surface area contributed by atoms with E-state index in [0.717, 1.165) is 5.69 Å². The molecule has 0 unspecified atom stereocenters. The summed E-state index contributed by atoms with van der Waals surface area (Å²) in [6.45, 7) is 3.26. The number of aromatic nitrogens is 1. The van der Waals surface area contributed by atoms with Crippen LogP contribution in [0.3, 0.4) is 0 Å². The third kappa shape index (κ3) is 5.72. The van der Waals surface area contributed by atoms with Crippen molar-refractivity contribution in [2.45, 2.75) is 25.7 Å². The highest BCUT2D eigenvalue weighted by atomic mass is 19.4. The molecule has 9 heteroatoms. The lowest BCUT2D eigenvalue weighted by molar-refractivity contribution is -0.274. The van der Waals surface area contributed by atoms with Crippen molar-refractivity contribution in [2.24, 2.45) is 0 Å². The highest BCUT2D eigenvalue weighted by Gasteiger charge is 2.32. The Balaban J connectivity index is 1.48. The number of aryl methyl sites for hydroxylation is 1. The fraction of sp³-hybridized carbons (Fsp3) is 0.444.